The van der Waals surface area contributed by atoms with Crippen LogP contribution in [-0.4, -0.2) is 11.7 Å². The first-order chi connectivity index (χ1) is 7.72. The van der Waals surface area contributed by atoms with Gasteiger partial charge in [0, 0.05) is 5.39 Å². The summed E-state index contributed by atoms with van der Waals surface area (Å²) < 4.78 is 10.3. The maximum Gasteiger partial charge on any atom is 0.348 e. The van der Waals surface area contributed by atoms with Gasteiger partial charge in [0.2, 0.25) is 0 Å². The van der Waals surface area contributed by atoms with Crippen LogP contribution in [0.1, 0.15) is 12.5 Å². The Bertz CT molecular complexity index is 586. The summed E-state index contributed by atoms with van der Waals surface area (Å²) in [5, 5.41) is 1.01. The lowest BCUT2D eigenvalue weighted by Crippen LogP contribution is -2.15. The van der Waals surface area contributed by atoms with Crippen LogP contribution in [0.3, 0.4) is 0 Å². The molecule has 0 aliphatic rings. The third kappa shape index (κ3) is 1.97. The molecule has 0 amide bonds. The van der Waals surface area contributed by atoms with Crippen molar-refractivity contribution in [3.05, 3.63) is 46.3 Å². The number of thiocarbonyl (C=S) groups is 1. The van der Waals surface area contributed by atoms with Gasteiger partial charge in [-0.15, -0.1) is 0 Å². The fourth-order valence-electron chi connectivity index (χ4n) is 1.41. The SMILES string of the molecule is CCOC(=S)c1cc2ccccc2oc1=O. The molecule has 0 unspecified atom stereocenters. The smallest absolute Gasteiger partial charge is 0.348 e. The van der Waals surface area contributed by atoms with Gasteiger partial charge in [0.1, 0.15) is 11.1 Å². The molecule has 0 aliphatic carbocycles. The molecule has 3 nitrogen and oxygen atoms in total. The maximum atomic E-state index is 11.6. The van der Waals surface area contributed by atoms with E-state index in [0.29, 0.717) is 17.8 Å². The first-order valence-electron chi connectivity index (χ1n) is 4.92. The van der Waals surface area contributed by atoms with E-state index in [1.54, 1.807) is 12.1 Å². The summed E-state index contributed by atoms with van der Waals surface area (Å²) in [6.45, 7) is 2.25. The average Bonchev–Trinajstić information content (AvgIpc) is 2.28. The highest BCUT2D eigenvalue weighted by Gasteiger charge is 2.10. The summed E-state index contributed by atoms with van der Waals surface area (Å²) >= 11 is 4.99. The fraction of sp³-hybridized carbons (Fsp3) is 0.167. The molecule has 2 rings (SSSR count). The second-order valence-electron chi connectivity index (χ2n) is 3.21. The Hall–Kier alpha value is -1.68. The Balaban J connectivity index is 2.58. The molecule has 0 atom stereocenters. The van der Waals surface area contributed by atoms with Gasteiger partial charge in [-0.2, -0.15) is 0 Å². The van der Waals surface area contributed by atoms with Crippen LogP contribution in [0.5, 0.6) is 0 Å². The summed E-state index contributed by atoms with van der Waals surface area (Å²) in [6.07, 6.45) is 0. The Kier molecular flexibility index (Phi) is 3.01. The second kappa shape index (κ2) is 4.45. The summed E-state index contributed by atoms with van der Waals surface area (Å²) in [7, 11) is 0. The van der Waals surface area contributed by atoms with Crippen molar-refractivity contribution < 1.29 is 9.15 Å². The summed E-state index contributed by atoms with van der Waals surface area (Å²) in [4.78, 5) is 11.6. The molecule has 0 fully saturated rings. The van der Waals surface area contributed by atoms with Gasteiger partial charge >= 0.3 is 5.63 Å². The highest BCUT2D eigenvalue weighted by atomic mass is 32.1. The Labute approximate surface area is 97.6 Å². The molecule has 2 aromatic rings. The van der Waals surface area contributed by atoms with Gasteiger partial charge in [-0.05, 0) is 31.3 Å². The molecule has 0 radical (unpaired) electrons. The topological polar surface area (TPSA) is 39.4 Å². The predicted molar refractivity (Wildman–Crippen MR) is 65.8 cm³/mol. The molecular formula is C12H10O3S. The number of hydrogen-bond donors (Lipinski definition) is 0. The maximum absolute atomic E-state index is 11.6. The predicted octanol–water partition coefficient (Wildman–Crippen LogP) is 2.51. The number of para-hydroxylation sites is 1. The molecule has 0 aliphatic heterocycles. The Morgan fingerprint density at radius 2 is 2.19 bits per heavy atom. The zero-order chi connectivity index (χ0) is 11.5. The Morgan fingerprint density at radius 1 is 1.44 bits per heavy atom. The van der Waals surface area contributed by atoms with Crippen LogP contribution in [0.25, 0.3) is 11.0 Å². The zero-order valence-corrected chi connectivity index (χ0v) is 9.54. The lowest BCUT2D eigenvalue weighted by molar-refractivity contribution is 0.336. The number of hydrogen-bond acceptors (Lipinski definition) is 4. The van der Waals surface area contributed by atoms with E-state index in [-0.39, 0.29) is 5.05 Å². The summed E-state index contributed by atoms with van der Waals surface area (Å²) in [5.41, 5.74) is 0.392. The molecule has 16 heavy (non-hydrogen) atoms. The molecule has 0 spiro atoms. The van der Waals surface area contributed by atoms with E-state index < -0.39 is 5.63 Å². The van der Waals surface area contributed by atoms with E-state index >= 15 is 0 Å². The molecule has 1 aromatic carbocycles. The van der Waals surface area contributed by atoms with Gasteiger partial charge in [0.15, 0.2) is 5.05 Å². The summed E-state index contributed by atoms with van der Waals surface area (Å²) in [6, 6.07) is 8.97. The van der Waals surface area contributed by atoms with E-state index in [2.05, 4.69) is 0 Å². The van der Waals surface area contributed by atoms with Crippen molar-refractivity contribution in [3.8, 4) is 0 Å². The van der Waals surface area contributed by atoms with Crippen LogP contribution >= 0.6 is 12.2 Å². The van der Waals surface area contributed by atoms with Crippen molar-refractivity contribution in [3.63, 3.8) is 0 Å². The third-order valence-electron chi connectivity index (χ3n) is 2.14. The first kappa shape index (κ1) is 10.8. The van der Waals surface area contributed by atoms with E-state index in [9.17, 15) is 4.79 Å². The molecule has 82 valence electrons. The lowest BCUT2D eigenvalue weighted by atomic mass is 10.2. The van der Waals surface area contributed by atoms with Crippen LogP contribution in [-0.2, 0) is 4.74 Å². The van der Waals surface area contributed by atoms with Crippen molar-refractivity contribution in [2.75, 3.05) is 6.61 Å². The van der Waals surface area contributed by atoms with Crippen molar-refractivity contribution in [1.29, 1.82) is 0 Å². The van der Waals surface area contributed by atoms with Crippen LogP contribution < -0.4 is 5.63 Å². The molecule has 0 saturated heterocycles. The zero-order valence-electron chi connectivity index (χ0n) is 8.73. The van der Waals surface area contributed by atoms with Gasteiger partial charge in [-0.3, -0.25) is 0 Å². The minimum absolute atomic E-state index is 0.182. The molecular weight excluding hydrogens is 224 g/mol. The highest BCUT2D eigenvalue weighted by Crippen LogP contribution is 2.13. The average molecular weight is 234 g/mol. The number of ether oxygens (including phenoxy) is 1. The minimum atomic E-state index is -0.461. The lowest BCUT2D eigenvalue weighted by Gasteiger charge is -2.04. The monoisotopic (exact) mass is 234 g/mol. The van der Waals surface area contributed by atoms with Gasteiger partial charge in [0.05, 0.1) is 6.61 Å². The van der Waals surface area contributed by atoms with Crippen molar-refractivity contribution in [2.45, 2.75) is 6.92 Å². The third-order valence-corrected chi connectivity index (χ3v) is 2.47. The molecule has 0 bridgehead atoms. The molecule has 1 aromatic heterocycles. The van der Waals surface area contributed by atoms with Crippen molar-refractivity contribution >= 4 is 28.2 Å². The van der Waals surface area contributed by atoms with Gasteiger partial charge in [-0.1, -0.05) is 18.2 Å². The fourth-order valence-corrected chi connectivity index (χ4v) is 1.67. The Morgan fingerprint density at radius 3 is 2.94 bits per heavy atom. The molecule has 0 saturated carbocycles. The first-order valence-corrected chi connectivity index (χ1v) is 5.33. The van der Waals surface area contributed by atoms with Crippen LogP contribution in [0.2, 0.25) is 0 Å². The second-order valence-corrected chi connectivity index (χ2v) is 3.58. The van der Waals surface area contributed by atoms with E-state index in [1.807, 2.05) is 25.1 Å². The largest absolute Gasteiger partial charge is 0.483 e. The molecule has 1 heterocycles. The summed E-state index contributed by atoms with van der Waals surface area (Å²) in [5.74, 6) is 0. The van der Waals surface area contributed by atoms with Gasteiger partial charge in [0.25, 0.3) is 0 Å². The quantitative estimate of drug-likeness (QED) is 0.591. The van der Waals surface area contributed by atoms with Gasteiger partial charge < -0.3 is 9.15 Å². The van der Waals surface area contributed by atoms with E-state index in [4.69, 9.17) is 21.4 Å². The minimum Gasteiger partial charge on any atom is -0.483 e. The van der Waals surface area contributed by atoms with Crippen molar-refractivity contribution in [1.82, 2.24) is 0 Å². The number of fused-ring (bicyclic) bond motifs is 1. The molecule has 0 N–H and O–H groups in total. The van der Waals surface area contributed by atoms with E-state index in [0.717, 1.165) is 5.39 Å². The van der Waals surface area contributed by atoms with Gasteiger partial charge in [-0.25, -0.2) is 4.79 Å². The molecule has 4 heteroatoms. The standard InChI is InChI=1S/C12H10O3S/c1-2-14-12(16)9-7-8-5-3-4-6-10(8)15-11(9)13/h3-7H,2H2,1H3. The normalized spacial score (nSPS) is 10.3. The highest BCUT2D eigenvalue weighted by molar-refractivity contribution is 7.80. The van der Waals surface area contributed by atoms with E-state index in [1.165, 1.54) is 0 Å². The van der Waals surface area contributed by atoms with Crippen molar-refractivity contribution in [2.24, 2.45) is 0 Å². The van der Waals surface area contributed by atoms with Crippen LogP contribution in [0.15, 0.2) is 39.5 Å². The van der Waals surface area contributed by atoms with Crippen LogP contribution in [0.4, 0.5) is 0 Å². The number of rotatable bonds is 2. The number of benzene rings is 1. The van der Waals surface area contributed by atoms with Crippen LogP contribution in [0, 0.1) is 0 Å².